The molecule has 0 aliphatic carbocycles. The van der Waals surface area contributed by atoms with Gasteiger partial charge in [-0.05, 0) is 83.5 Å². The molecule has 6 nitrogen and oxygen atoms in total. The molecule has 0 aliphatic heterocycles. The molecule has 464 valence electrons. The van der Waals surface area contributed by atoms with Gasteiger partial charge in [0.1, 0.15) is 0 Å². The molecule has 0 saturated heterocycles. The van der Waals surface area contributed by atoms with E-state index in [9.17, 15) is 19.8 Å². The predicted octanol–water partition coefficient (Wildman–Crippen LogP) is 22.9. The number of hydrogen-bond acceptors (Lipinski definition) is 5. The number of esters is 1. The molecule has 0 saturated carbocycles. The van der Waals surface area contributed by atoms with Crippen LogP contribution in [0.3, 0.4) is 0 Å². The number of nitrogens with one attached hydrogen (secondary N) is 1. The van der Waals surface area contributed by atoms with Crippen molar-refractivity contribution >= 4 is 11.9 Å². The minimum Gasteiger partial charge on any atom is -0.466 e. The van der Waals surface area contributed by atoms with Gasteiger partial charge in [-0.3, -0.25) is 9.59 Å². The summed E-state index contributed by atoms with van der Waals surface area (Å²) in [5.74, 6) is -0.0295. The molecule has 0 aromatic carbocycles. The molecule has 0 bridgehead atoms. The molecule has 0 aromatic heterocycles. The summed E-state index contributed by atoms with van der Waals surface area (Å²) >= 11 is 0. The van der Waals surface area contributed by atoms with E-state index in [2.05, 4.69) is 67.8 Å². The van der Waals surface area contributed by atoms with Crippen LogP contribution in [0.15, 0.2) is 48.6 Å². The molecule has 0 spiro atoms. The molecule has 3 N–H and O–H groups in total. The van der Waals surface area contributed by atoms with Gasteiger partial charge < -0.3 is 20.3 Å². The molecular weight excluding hydrogens is 971 g/mol. The van der Waals surface area contributed by atoms with Crippen LogP contribution in [0, 0.1) is 0 Å². The molecule has 0 aromatic rings. The molecule has 6 heteroatoms. The monoisotopic (exact) mass is 1110 g/mol. The van der Waals surface area contributed by atoms with E-state index in [0.717, 1.165) is 57.8 Å². The van der Waals surface area contributed by atoms with Crippen molar-refractivity contribution in [1.82, 2.24) is 5.32 Å². The third kappa shape index (κ3) is 64.8. The van der Waals surface area contributed by atoms with Crippen LogP contribution in [-0.4, -0.2) is 47.4 Å². The molecule has 2 unspecified atom stereocenters. The van der Waals surface area contributed by atoms with E-state index in [-0.39, 0.29) is 18.5 Å². The van der Waals surface area contributed by atoms with Gasteiger partial charge in [0.25, 0.3) is 0 Å². The van der Waals surface area contributed by atoms with Gasteiger partial charge in [0.05, 0.1) is 25.4 Å². The van der Waals surface area contributed by atoms with Crippen LogP contribution in [0.25, 0.3) is 0 Å². The first-order valence-electron chi connectivity index (χ1n) is 35.4. The number of aliphatic hydroxyl groups is 2. The normalized spacial score (nSPS) is 12.8. The Morgan fingerprint density at radius 3 is 1.01 bits per heavy atom. The van der Waals surface area contributed by atoms with Crippen molar-refractivity contribution in [3.63, 3.8) is 0 Å². The summed E-state index contributed by atoms with van der Waals surface area (Å²) in [6.07, 6.45) is 88.9. The summed E-state index contributed by atoms with van der Waals surface area (Å²) in [4.78, 5) is 24.5. The standard InChI is InChI=1S/C73H137NO5/c1-3-5-7-9-11-13-15-17-42-45-49-53-57-61-65-71(76)70(69-75)74-72(77)66-62-58-54-50-46-43-39-37-35-33-31-29-27-25-23-21-19-18-20-22-24-26-28-30-32-34-36-38-40-44-48-52-56-60-64-68-79-73(78)67-63-59-55-51-47-41-16-14-12-10-8-6-4-2/h8,10,14,16,20,22,26,28,70-71,75-76H,3-7,9,11-13,15,17-19,21,23-25,27,29-69H2,1-2H3,(H,74,77)/b10-8-,16-14-,22-20-,28-26-. The highest BCUT2D eigenvalue weighted by Gasteiger charge is 2.20. The lowest BCUT2D eigenvalue weighted by Crippen LogP contribution is -2.45. The third-order valence-corrected chi connectivity index (χ3v) is 16.3. The number of rotatable bonds is 66. The summed E-state index contributed by atoms with van der Waals surface area (Å²) in [7, 11) is 0. The van der Waals surface area contributed by atoms with Gasteiger partial charge in [0, 0.05) is 12.8 Å². The molecule has 0 aliphatic rings. The lowest BCUT2D eigenvalue weighted by atomic mass is 10.0. The van der Waals surface area contributed by atoms with Crippen molar-refractivity contribution in [1.29, 1.82) is 0 Å². The van der Waals surface area contributed by atoms with Crippen molar-refractivity contribution in [2.24, 2.45) is 0 Å². The van der Waals surface area contributed by atoms with Crippen LogP contribution >= 0.6 is 0 Å². The maximum atomic E-state index is 12.5. The van der Waals surface area contributed by atoms with E-state index in [1.807, 2.05) is 0 Å². The van der Waals surface area contributed by atoms with Gasteiger partial charge >= 0.3 is 5.97 Å². The van der Waals surface area contributed by atoms with Crippen molar-refractivity contribution in [2.75, 3.05) is 13.2 Å². The molecule has 79 heavy (non-hydrogen) atoms. The summed E-state index contributed by atoms with van der Waals surface area (Å²) < 4.78 is 5.47. The second-order valence-corrected chi connectivity index (χ2v) is 24.2. The van der Waals surface area contributed by atoms with Gasteiger partial charge in [-0.25, -0.2) is 0 Å². The van der Waals surface area contributed by atoms with Crippen molar-refractivity contribution in [3.05, 3.63) is 48.6 Å². The molecule has 1 amide bonds. The average Bonchev–Trinajstić information content (AvgIpc) is 3.45. The Kier molecular flexibility index (Phi) is 66.4. The molecule has 2 atom stereocenters. The Hall–Kier alpha value is -2.18. The van der Waals surface area contributed by atoms with Crippen molar-refractivity contribution < 1.29 is 24.5 Å². The number of ether oxygens (including phenoxy) is 1. The zero-order chi connectivity index (χ0) is 57.1. The predicted molar refractivity (Wildman–Crippen MR) is 347 cm³/mol. The maximum Gasteiger partial charge on any atom is 0.305 e. The topological polar surface area (TPSA) is 95.9 Å². The van der Waals surface area contributed by atoms with Crippen LogP contribution in [-0.2, 0) is 14.3 Å². The van der Waals surface area contributed by atoms with Gasteiger partial charge in [-0.1, -0.05) is 332 Å². The fraction of sp³-hybridized carbons (Fsp3) is 0.863. The molecular formula is C73H137NO5. The Morgan fingerprint density at radius 2 is 0.658 bits per heavy atom. The van der Waals surface area contributed by atoms with Crippen LogP contribution in [0.4, 0.5) is 0 Å². The van der Waals surface area contributed by atoms with Gasteiger partial charge in [-0.2, -0.15) is 0 Å². The first kappa shape index (κ1) is 76.8. The number of allylic oxidation sites excluding steroid dienone is 8. The molecule has 0 rings (SSSR count). The van der Waals surface area contributed by atoms with E-state index in [0.29, 0.717) is 25.9 Å². The van der Waals surface area contributed by atoms with Gasteiger partial charge in [0.15, 0.2) is 0 Å². The molecule has 0 heterocycles. The maximum absolute atomic E-state index is 12.5. The number of carbonyl (C=O) groups excluding carboxylic acids is 2. The number of amides is 1. The highest BCUT2D eigenvalue weighted by molar-refractivity contribution is 5.76. The summed E-state index contributed by atoms with van der Waals surface area (Å²) in [5.41, 5.74) is 0. The average molecular weight is 1110 g/mol. The first-order valence-corrected chi connectivity index (χ1v) is 35.4. The summed E-state index contributed by atoms with van der Waals surface area (Å²) in [5, 5.41) is 23.3. The lowest BCUT2D eigenvalue weighted by molar-refractivity contribution is -0.143. The first-order chi connectivity index (χ1) is 39.0. The smallest absolute Gasteiger partial charge is 0.305 e. The zero-order valence-corrected chi connectivity index (χ0v) is 53.1. The lowest BCUT2D eigenvalue weighted by Gasteiger charge is -2.22. The SMILES string of the molecule is CCC/C=C\C/C=C\CCCCCCCC(=O)OCCCCCCCCCCCCC/C=C\C/C=C\CCCCCCCCCCCCCCCCCCCC(=O)NC(CO)C(O)CCCCCCCCCCCCCCCC. The quantitative estimate of drug-likeness (QED) is 0.0320. The van der Waals surface area contributed by atoms with Gasteiger partial charge in [-0.15, -0.1) is 0 Å². The number of aliphatic hydroxyl groups excluding tert-OH is 2. The minimum atomic E-state index is -0.662. The Labute approximate surface area is 493 Å². The van der Waals surface area contributed by atoms with Crippen LogP contribution in [0.5, 0.6) is 0 Å². The number of carbonyl (C=O) groups is 2. The highest BCUT2D eigenvalue weighted by Crippen LogP contribution is 2.18. The fourth-order valence-corrected chi connectivity index (χ4v) is 10.9. The second kappa shape index (κ2) is 68.3. The van der Waals surface area contributed by atoms with Crippen LogP contribution in [0.1, 0.15) is 380 Å². The van der Waals surface area contributed by atoms with E-state index < -0.39 is 12.1 Å². The Bertz CT molecular complexity index is 1320. The van der Waals surface area contributed by atoms with Gasteiger partial charge in [0.2, 0.25) is 5.91 Å². The number of hydrogen-bond donors (Lipinski definition) is 3. The minimum absolute atomic E-state index is 0.00132. The summed E-state index contributed by atoms with van der Waals surface area (Å²) in [6, 6.07) is -0.539. The number of unbranched alkanes of at least 4 members (excludes halogenated alkanes) is 47. The van der Waals surface area contributed by atoms with Crippen LogP contribution in [0.2, 0.25) is 0 Å². The van der Waals surface area contributed by atoms with Crippen molar-refractivity contribution in [2.45, 2.75) is 392 Å². The third-order valence-electron chi connectivity index (χ3n) is 16.3. The van der Waals surface area contributed by atoms with E-state index in [1.54, 1.807) is 0 Å². The fourth-order valence-electron chi connectivity index (χ4n) is 10.9. The zero-order valence-electron chi connectivity index (χ0n) is 53.1. The Balaban J connectivity index is 3.37. The highest BCUT2D eigenvalue weighted by atomic mass is 16.5. The summed E-state index contributed by atoms with van der Waals surface area (Å²) in [6.45, 7) is 4.90. The van der Waals surface area contributed by atoms with E-state index in [1.165, 1.54) is 289 Å². The van der Waals surface area contributed by atoms with Crippen LogP contribution < -0.4 is 5.32 Å². The van der Waals surface area contributed by atoms with Crippen molar-refractivity contribution in [3.8, 4) is 0 Å². The molecule has 0 radical (unpaired) electrons. The second-order valence-electron chi connectivity index (χ2n) is 24.2. The Morgan fingerprint density at radius 1 is 0.354 bits per heavy atom. The largest absolute Gasteiger partial charge is 0.466 e. The van der Waals surface area contributed by atoms with E-state index in [4.69, 9.17) is 4.74 Å². The molecule has 0 fully saturated rings. The van der Waals surface area contributed by atoms with E-state index >= 15 is 0 Å².